The largest absolute Gasteiger partial charge is 0.481 e. The second-order valence-electron chi connectivity index (χ2n) is 5.14. The zero-order chi connectivity index (χ0) is 17.9. The minimum Gasteiger partial charge on any atom is -0.481 e. The van der Waals surface area contributed by atoms with Crippen molar-refractivity contribution in [3.63, 3.8) is 0 Å². The number of carboxylic acids is 1. The lowest BCUT2D eigenvalue weighted by molar-refractivity contribution is -0.150. The lowest BCUT2D eigenvalue weighted by atomic mass is 9.90. The van der Waals surface area contributed by atoms with Crippen LogP contribution in [0.1, 0.15) is 29.4 Å². The van der Waals surface area contributed by atoms with Crippen LogP contribution in [0.4, 0.5) is 8.78 Å². The Kier molecular flexibility index (Phi) is 5.13. The zero-order valence-electron chi connectivity index (χ0n) is 13.1. The first-order valence-electron chi connectivity index (χ1n) is 7.17. The van der Waals surface area contributed by atoms with E-state index in [1.54, 1.807) is 6.92 Å². The van der Waals surface area contributed by atoms with Crippen LogP contribution in [0.25, 0.3) is 0 Å². The number of nitrogens with one attached hydrogen (secondary N) is 1. The Morgan fingerprint density at radius 1 is 1.50 bits per heavy atom. The van der Waals surface area contributed by atoms with E-state index in [1.165, 1.54) is 31.4 Å². The van der Waals surface area contributed by atoms with Crippen molar-refractivity contribution in [1.82, 2.24) is 15.1 Å². The van der Waals surface area contributed by atoms with E-state index in [0.29, 0.717) is 0 Å². The number of carbonyl (C=O) groups excluding carboxylic acids is 1. The molecular weight excluding hydrogens is 324 g/mol. The van der Waals surface area contributed by atoms with Gasteiger partial charge in [0.1, 0.15) is 11.6 Å². The van der Waals surface area contributed by atoms with E-state index in [4.69, 9.17) is 4.74 Å². The second-order valence-corrected chi connectivity index (χ2v) is 5.14. The predicted molar refractivity (Wildman–Crippen MR) is 79.4 cm³/mol. The van der Waals surface area contributed by atoms with Crippen LogP contribution >= 0.6 is 0 Å². The first-order valence-corrected chi connectivity index (χ1v) is 7.17. The van der Waals surface area contributed by atoms with Gasteiger partial charge in [0, 0.05) is 19.9 Å². The molecule has 0 spiro atoms. The van der Waals surface area contributed by atoms with Crippen molar-refractivity contribution in [3.05, 3.63) is 41.8 Å². The third-order valence-electron chi connectivity index (χ3n) is 3.49. The van der Waals surface area contributed by atoms with Crippen molar-refractivity contribution >= 4 is 11.9 Å². The van der Waals surface area contributed by atoms with Crippen molar-refractivity contribution in [3.8, 4) is 0 Å². The minimum atomic E-state index is -2.94. The SMILES string of the molecule is CCOC1(NC(=O)c2cn(C)nc2C(F)F)C=CC=CC1C(=O)O. The summed E-state index contributed by atoms with van der Waals surface area (Å²) in [4.78, 5) is 24.0. The maximum Gasteiger partial charge on any atom is 0.315 e. The highest BCUT2D eigenvalue weighted by molar-refractivity contribution is 5.96. The molecule has 1 aliphatic carbocycles. The maximum atomic E-state index is 13.0. The molecule has 0 saturated heterocycles. The van der Waals surface area contributed by atoms with Gasteiger partial charge in [0.2, 0.25) is 0 Å². The van der Waals surface area contributed by atoms with Gasteiger partial charge in [-0.2, -0.15) is 5.10 Å². The fourth-order valence-corrected chi connectivity index (χ4v) is 2.50. The summed E-state index contributed by atoms with van der Waals surface area (Å²) in [6.07, 6.45) is 3.98. The third kappa shape index (κ3) is 3.35. The molecule has 2 unspecified atom stereocenters. The van der Waals surface area contributed by atoms with Crippen LogP contribution in [-0.2, 0) is 16.6 Å². The van der Waals surface area contributed by atoms with E-state index in [1.807, 2.05) is 0 Å². The van der Waals surface area contributed by atoms with Gasteiger partial charge < -0.3 is 15.2 Å². The molecule has 9 heteroatoms. The van der Waals surface area contributed by atoms with Gasteiger partial charge in [-0.3, -0.25) is 14.3 Å². The molecule has 2 N–H and O–H groups in total. The predicted octanol–water partition coefficient (Wildman–Crippen LogP) is 1.65. The van der Waals surface area contributed by atoms with Gasteiger partial charge in [0.05, 0.1) is 5.56 Å². The van der Waals surface area contributed by atoms with E-state index in [2.05, 4.69) is 10.4 Å². The molecule has 0 radical (unpaired) electrons. The first kappa shape index (κ1) is 17.8. The number of carboxylic acid groups (broad SMARTS) is 1. The summed E-state index contributed by atoms with van der Waals surface area (Å²) in [5.41, 5.74) is -2.68. The number of halogens is 2. The number of allylic oxidation sites excluding steroid dienone is 2. The number of rotatable bonds is 6. The van der Waals surface area contributed by atoms with Gasteiger partial charge in [-0.05, 0) is 13.0 Å². The van der Waals surface area contributed by atoms with Gasteiger partial charge >= 0.3 is 5.97 Å². The van der Waals surface area contributed by atoms with Crippen molar-refractivity contribution in [2.75, 3.05) is 6.61 Å². The topological polar surface area (TPSA) is 93.5 Å². The molecule has 2 atom stereocenters. The Hall–Kier alpha value is -2.55. The van der Waals surface area contributed by atoms with Crippen LogP contribution < -0.4 is 5.32 Å². The number of hydrogen-bond acceptors (Lipinski definition) is 4. The molecule has 1 heterocycles. The summed E-state index contributed by atoms with van der Waals surface area (Å²) in [5.74, 6) is -3.30. The molecular formula is C15H17F2N3O4. The standard InChI is InChI=1S/C15H17F2N3O4/c1-3-24-15(7-5-4-6-10(15)14(22)23)18-13(21)9-8-20(2)19-11(9)12(16)17/h4-8,10,12H,3H2,1-2H3,(H,18,21)(H,22,23). The van der Waals surface area contributed by atoms with Gasteiger partial charge in [0.15, 0.2) is 5.72 Å². The molecule has 1 aliphatic rings. The monoisotopic (exact) mass is 341 g/mol. The van der Waals surface area contributed by atoms with E-state index >= 15 is 0 Å². The normalized spacial score (nSPS) is 22.8. The number of aromatic nitrogens is 2. The number of alkyl halides is 2. The summed E-state index contributed by atoms with van der Waals surface area (Å²) in [7, 11) is 1.41. The molecule has 1 aromatic rings. The Bertz CT molecular complexity index is 699. The van der Waals surface area contributed by atoms with Gasteiger partial charge in [-0.1, -0.05) is 18.2 Å². The van der Waals surface area contributed by atoms with Crippen LogP contribution in [0, 0.1) is 5.92 Å². The Balaban J connectivity index is 2.38. The van der Waals surface area contributed by atoms with Crippen molar-refractivity contribution in [1.29, 1.82) is 0 Å². The van der Waals surface area contributed by atoms with Gasteiger partial charge in [-0.25, -0.2) is 8.78 Å². The Morgan fingerprint density at radius 3 is 2.79 bits per heavy atom. The van der Waals surface area contributed by atoms with E-state index in [-0.39, 0.29) is 12.2 Å². The summed E-state index contributed by atoms with van der Waals surface area (Å²) in [6.45, 7) is 1.74. The average Bonchev–Trinajstić information content (AvgIpc) is 2.90. The molecule has 0 aliphatic heterocycles. The number of ether oxygens (including phenoxy) is 1. The van der Waals surface area contributed by atoms with Crippen molar-refractivity contribution in [2.24, 2.45) is 13.0 Å². The maximum absolute atomic E-state index is 13.0. The van der Waals surface area contributed by atoms with Crippen LogP contribution in [0.5, 0.6) is 0 Å². The van der Waals surface area contributed by atoms with E-state index < -0.39 is 35.6 Å². The van der Waals surface area contributed by atoms with Crippen LogP contribution in [0.15, 0.2) is 30.5 Å². The summed E-state index contributed by atoms with van der Waals surface area (Å²) >= 11 is 0. The number of nitrogens with zero attached hydrogens (tertiary/aromatic N) is 2. The molecule has 0 saturated carbocycles. The Morgan fingerprint density at radius 2 is 2.21 bits per heavy atom. The lowest BCUT2D eigenvalue weighted by Gasteiger charge is -2.36. The van der Waals surface area contributed by atoms with Crippen LogP contribution in [0.3, 0.4) is 0 Å². The minimum absolute atomic E-state index is 0.108. The van der Waals surface area contributed by atoms with E-state index in [9.17, 15) is 23.5 Å². The summed E-state index contributed by atoms with van der Waals surface area (Å²) in [6, 6.07) is 0. The molecule has 24 heavy (non-hydrogen) atoms. The molecule has 0 fully saturated rings. The average molecular weight is 341 g/mol. The quantitative estimate of drug-likeness (QED) is 0.768. The highest BCUT2D eigenvalue weighted by Crippen LogP contribution is 2.28. The number of hydrogen-bond donors (Lipinski definition) is 2. The first-order chi connectivity index (χ1) is 11.3. The number of amides is 1. The molecule has 130 valence electrons. The molecule has 1 amide bonds. The Labute approximate surface area is 136 Å². The highest BCUT2D eigenvalue weighted by Gasteiger charge is 2.44. The molecule has 0 aromatic carbocycles. The summed E-state index contributed by atoms with van der Waals surface area (Å²) < 4.78 is 32.6. The van der Waals surface area contributed by atoms with Crippen LogP contribution in [0.2, 0.25) is 0 Å². The smallest absolute Gasteiger partial charge is 0.315 e. The fourth-order valence-electron chi connectivity index (χ4n) is 2.50. The lowest BCUT2D eigenvalue weighted by Crippen LogP contribution is -2.57. The number of aryl methyl sites for hydroxylation is 1. The molecule has 7 nitrogen and oxygen atoms in total. The molecule has 0 bridgehead atoms. The van der Waals surface area contributed by atoms with Crippen molar-refractivity contribution < 1.29 is 28.2 Å². The third-order valence-corrected chi connectivity index (χ3v) is 3.49. The highest BCUT2D eigenvalue weighted by atomic mass is 19.3. The van der Waals surface area contributed by atoms with Crippen molar-refractivity contribution in [2.45, 2.75) is 19.1 Å². The zero-order valence-corrected chi connectivity index (χ0v) is 13.1. The molecule has 2 rings (SSSR count). The number of aliphatic carboxylic acids is 1. The fraction of sp³-hybridized carbons (Fsp3) is 0.400. The van der Waals surface area contributed by atoms with Gasteiger partial charge in [0.25, 0.3) is 12.3 Å². The summed E-state index contributed by atoms with van der Waals surface area (Å²) in [5, 5.41) is 15.4. The number of carbonyl (C=O) groups is 2. The van der Waals surface area contributed by atoms with Crippen LogP contribution in [-0.4, -0.2) is 39.1 Å². The van der Waals surface area contributed by atoms with E-state index in [0.717, 1.165) is 10.9 Å². The van der Waals surface area contributed by atoms with Gasteiger partial charge in [-0.15, -0.1) is 0 Å². The second kappa shape index (κ2) is 6.91. The molecule has 1 aromatic heterocycles.